The van der Waals surface area contributed by atoms with E-state index in [1.807, 2.05) is 0 Å². The molecule has 0 aliphatic heterocycles. The van der Waals surface area contributed by atoms with Crippen molar-refractivity contribution >= 4 is 54.3 Å². The molecule has 0 saturated carbocycles. The SMILES string of the molecule is [2H]c1c([2H])c([2H])c(-c2c([2H])c([2H])c3c(oc4c([2H])c([2H])c([2H])c(-c5ccc6cc(-c7c8c([2H])c([2H])c([2H])c([2H])c8c(-c8c([2H])c([2H])c([2H])c([2H])c8[2H])c8c([2H])c([2H])c([2H])c([2H])c78)ccc6c5)c43)c2[2H])c([2H])c1[2H]. The van der Waals surface area contributed by atoms with Crippen LogP contribution in [0.1, 0.15) is 32.9 Å². The molecule has 9 aromatic carbocycles. The van der Waals surface area contributed by atoms with E-state index < -0.39 is 173 Å². The Hall–Kier alpha value is -6.44. The fourth-order valence-electron chi connectivity index (χ4n) is 6.26. The molecule has 0 saturated heterocycles. The molecule has 10 rings (SSSR count). The lowest BCUT2D eigenvalue weighted by Crippen LogP contribution is -1.90. The molecule has 0 unspecified atom stereocenters. The fourth-order valence-corrected chi connectivity index (χ4v) is 6.26. The van der Waals surface area contributed by atoms with E-state index in [2.05, 4.69) is 0 Å². The summed E-state index contributed by atoms with van der Waals surface area (Å²) in [5, 5.41) is -0.784. The molecule has 1 nitrogen and oxygen atoms in total. The molecule has 0 spiro atoms. The maximum Gasteiger partial charge on any atom is 0.136 e. The number of benzene rings is 9. The third kappa shape index (κ3) is 4.47. The first-order valence-corrected chi connectivity index (χ1v) is 14.9. The number of rotatable bonds is 4. The number of fused-ring (bicyclic) bond motifs is 6. The highest BCUT2D eigenvalue weighted by atomic mass is 16.3. The average molecular weight is 647 g/mol. The van der Waals surface area contributed by atoms with Crippen LogP contribution in [0.15, 0.2) is 186 Å². The van der Waals surface area contributed by atoms with Gasteiger partial charge in [0.15, 0.2) is 0 Å². The minimum Gasteiger partial charge on any atom is -0.456 e. The second kappa shape index (κ2) is 11.1. The Balaban J connectivity index is 1.27. The van der Waals surface area contributed by atoms with Crippen LogP contribution in [0.25, 0.3) is 98.8 Å². The highest BCUT2D eigenvalue weighted by Gasteiger charge is 2.17. The maximum absolute atomic E-state index is 9.28. The van der Waals surface area contributed by atoms with E-state index >= 15 is 0 Å². The van der Waals surface area contributed by atoms with E-state index in [4.69, 9.17) is 29.1 Å². The van der Waals surface area contributed by atoms with Gasteiger partial charge in [-0.2, -0.15) is 0 Å². The molecule has 1 heteroatoms. The zero-order valence-electron chi connectivity index (χ0n) is 48.9. The molecular weight excluding hydrogens is 593 g/mol. The van der Waals surface area contributed by atoms with Crippen LogP contribution in [0.2, 0.25) is 0 Å². The standard InChI is InChI=1S/C48H30O/c1-3-12-31(13-4-1)35-26-27-43-45(30-35)49-44-21-11-20-38(48(43)44)36-24-22-34-29-37(25-23-33(34)28-36)47-41-18-9-7-16-39(41)46(32-14-5-2-6-15-32)40-17-8-10-19-42(40)47/h1-30H/i1D,2D,3D,4D,5D,6D,7D,8D,9D,10D,11D,12D,13D,14D,15D,16D,17D,18D,19D,20D,21D,26D,27D,30D. The van der Waals surface area contributed by atoms with Crippen LogP contribution in [0.5, 0.6) is 0 Å². The third-order valence-corrected chi connectivity index (χ3v) is 8.37. The third-order valence-electron chi connectivity index (χ3n) is 8.37. The Labute approximate surface area is 318 Å². The van der Waals surface area contributed by atoms with Gasteiger partial charge in [-0.1, -0.05) is 151 Å². The predicted molar refractivity (Wildman–Crippen MR) is 208 cm³/mol. The monoisotopic (exact) mass is 646 g/mol. The molecule has 0 amide bonds. The maximum atomic E-state index is 9.28. The van der Waals surface area contributed by atoms with Crippen molar-refractivity contribution in [1.82, 2.24) is 0 Å². The molecule has 0 radical (unpaired) electrons. The van der Waals surface area contributed by atoms with Crippen molar-refractivity contribution in [3.63, 3.8) is 0 Å². The van der Waals surface area contributed by atoms with Crippen LogP contribution >= 0.6 is 0 Å². The predicted octanol–water partition coefficient (Wildman–Crippen LogP) is 13.7. The smallest absolute Gasteiger partial charge is 0.136 e. The summed E-state index contributed by atoms with van der Waals surface area (Å²) in [7, 11) is 0. The second-order valence-corrected chi connectivity index (χ2v) is 11.0. The van der Waals surface area contributed by atoms with Gasteiger partial charge in [0.1, 0.15) is 11.2 Å². The minimum atomic E-state index is -0.797. The minimum absolute atomic E-state index is 0.0456. The van der Waals surface area contributed by atoms with Crippen molar-refractivity contribution in [2.45, 2.75) is 0 Å². The highest BCUT2D eigenvalue weighted by Crippen LogP contribution is 2.44. The second-order valence-electron chi connectivity index (χ2n) is 11.0. The molecule has 0 fully saturated rings. The molecule has 49 heavy (non-hydrogen) atoms. The van der Waals surface area contributed by atoms with Crippen molar-refractivity contribution in [2.24, 2.45) is 0 Å². The summed E-state index contributed by atoms with van der Waals surface area (Å²) in [4.78, 5) is 0. The average Bonchev–Trinajstić information content (AvgIpc) is 3.78. The van der Waals surface area contributed by atoms with Crippen molar-refractivity contribution in [3.8, 4) is 44.5 Å². The van der Waals surface area contributed by atoms with Gasteiger partial charge in [-0.15, -0.1) is 0 Å². The van der Waals surface area contributed by atoms with Crippen LogP contribution in [-0.4, -0.2) is 0 Å². The van der Waals surface area contributed by atoms with Gasteiger partial charge in [-0.3, -0.25) is 0 Å². The fraction of sp³-hybridized carbons (Fsp3) is 0. The van der Waals surface area contributed by atoms with E-state index in [9.17, 15) is 8.22 Å². The summed E-state index contributed by atoms with van der Waals surface area (Å²) in [6.07, 6.45) is 0. The van der Waals surface area contributed by atoms with Gasteiger partial charge in [0, 0.05) is 10.8 Å². The van der Waals surface area contributed by atoms with E-state index in [0.717, 1.165) is 0 Å². The zero-order valence-corrected chi connectivity index (χ0v) is 24.9. The summed E-state index contributed by atoms with van der Waals surface area (Å²) < 4.78 is 216. The quantitative estimate of drug-likeness (QED) is 0.173. The Kier molecular flexibility index (Phi) is 2.91. The largest absolute Gasteiger partial charge is 0.456 e. The van der Waals surface area contributed by atoms with Gasteiger partial charge in [-0.05, 0) is 107 Å². The number of hydrogen-bond acceptors (Lipinski definition) is 1. The van der Waals surface area contributed by atoms with Gasteiger partial charge in [0.25, 0.3) is 0 Å². The summed E-state index contributed by atoms with van der Waals surface area (Å²) in [6, 6.07) is -7.71. The van der Waals surface area contributed by atoms with Gasteiger partial charge >= 0.3 is 0 Å². The Bertz CT molecular complexity index is 4120. The highest BCUT2D eigenvalue weighted by molar-refractivity contribution is 6.22. The molecule has 0 N–H and O–H groups in total. The van der Waals surface area contributed by atoms with E-state index in [-0.39, 0.29) is 60.2 Å². The summed E-state index contributed by atoms with van der Waals surface area (Å²) in [5.74, 6) is 0. The Morgan fingerprint density at radius 2 is 0.918 bits per heavy atom. The Morgan fingerprint density at radius 1 is 0.367 bits per heavy atom. The topological polar surface area (TPSA) is 13.1 Å². The molecule has 0 aliphatic carbocycles. The lowest BCUT2D eigenvalue weighted by molar-refractivity contribution is 0.669. The van der Waals surface area contributed by atoms with Crippen LogP contribution in [0.4, 0.5) is 0 Å². The molecule has 0 aliphatic rings. The van der Waals surface area contributed by atoms with E-state index in [1.165, 1.54) is 12.1 Å². The summed E-state index contributed by atoms with van der Waals surface area (Å²) in [6.45, 7) is 0. The molecule has 1 heterocycles. The van der Waals surface area contributed by atoms with Crippen molar-refractivity contribution < 1.29 is 37.3 Å². The van der Waals surface area contributed by atoms with Gasteiger partial charge in [-0.25, -0.2) is 0 Å². The van der Waals surface area contributed by atoms with Gasteiger partial charge in [0.05, 0.1) is 32.9 Å². The lowest BCUT2D eigenvalue weighted by atomic mass is 9.85. The van der Waals surface area contributed by atoms with Crippen molar-refractivity contribution in [3.05, 3.63) is 181 Å². The molecule has 0 bridgehead atoms. The van der Waals surface area contributed by atoms with Crippen molar-refractivity contribution in [2.75, 3.05) is 0 Å². The first-order valence-electron chi connectivity index (χ1n) is 26.9. The van der Waals surface area contributed by atoms with Gasteiger partial charge < -0.3 is 4.42 Å². The molecule has 1 aromatic heterocycles. The number of furan rings is 1. The van der Waals surface area contributed by atoms with Crippen LogP contribution < -0.4 is 0 Å². The first kappa shape index (κ1) is 12.9. The zero-order chi connectivity index (χ0) is 53.2. The lowest BCUT2D eigenvalue weighted by Gasteiger charge is -2.18. The normalized spacial score (nSPS) is 18.5. The van der Waals surface area contributed by atoms with Crippen molar-refractivity contribution in [1.29, 1.82) is 0 Å². The molecule has 228 valence electrons. The molecular formula is C48H30O. The van der Waals surface area contributed by atoms with Crippen LogP contribution in [-0.2, 0) is 0 Å². The Morgan fingerprint density at radius 3 is 1.57 bits per heavy atom. The summed E-state index contributed by atoms with van der Waals surface area (Å²) in [5.41, 5.74) is -2.51. The molecule has 0 atom stereocenters. The molecule has 10 aromatic rings. The van der Waals surface area contributed by atoms with Crippen LogP contribution in [0.3, 0.4) is 0 Å². The van der Waals surface area contributed by atoms with E-state index in [0.29, 0.717) is 10.8 Å². The number of hydrogen-bond donors (Lipinski definition) is 0. The first-order chi connectivity index (χ1) is 34.3. The van der Waals surface area contributed by atoms with Crippen LogP contribution in [0, 0.1) is 0 Å². The van der Waals surface area contributed by atoms with E-state index in [1.54, 1.807) is 24.3 Å². The van der Waals surface area contributed by atoms with Gasteiger partial charge in [0.2, 0.25) is 0 Å². The summed E-state index contributed by atoms with van der Waals surface area (Å²) >= 11 is 0.